The zero-order valence-electron chi connectivity index (χ0n) is 12.0. The molecule has 1 aromatic rings. The third-order valence-corrected chi connectivity index (χ3v) is 4.28. The van der Waals surface area contributed by atoms with Crippen molar-refractivity contribution in [2.24, 2.45) is 5.41 Å². The van der Waals surface area contributed by atoms with Crippen LogP contribution >= 0.6 is 0 Å². The van der Waals surface area contributed by atoms with Gasteiger partial charge in [-0.25, -0.2) is 8.78 Å². The van der Waals surface area contributed by atoms with E-state index in [2.05, 4.69) is 5.32 Å². The topological polar surface area (TPSA) is 49.3 Å². The van der Waals surface area contributed by atoms with Crippen molar-refractivity contribution < 1.29 is 18.7 Å². The lowest BCUT2D eigenvalue weighted by atomic mass is 9.87. The predicted octanol–water partition coefficient (Wildman–Crippen LogP) is 2.57. The van der Waals surface area contributed by atoms with E-state index in [9.17, 15) is 18.7 Å². The zero-order valence-corrected chi connectivity index (χ0v) is 12.0. The number of aliphatic hydroxyl groups is 1. The fraction of sp³-hybridized carbons (Fsp3) is 0.562. The lowest BCUT2D eigenvalue weighted by Gasteiger charge is -2.26. The first-order chi connectivity index (χ1) is 10.0. The van der Waals surface area contributed by atoms with Crippen molar-refractivity contribution in [3.8, 4) is 0 Å². The molecular weight excluding hydrogens is 276 g/mol. The summed E-state index contributed by atoms with van der Waals surface area (Å²) in [6, 6.07) is 3.68. The molecule has 2 rings (SSSR count). The molecule has 0 saturated heterocycles. The number of hydrogen-bond acceptors (Lipinski definition) is 2. The smallest absolute Gasteiger partial charge is 0.220 e. The number of aliphatic hydroxyl groups excluding tert-OH is 1. The van der Waals surface area contributed by atoms with Crippen molar-refractivity contribution in [1.82, 2.24) is 5.32 Å². The minimum atomic E-state index is -0.891. The standard InChI is InChI=1S/C16H21F2NO2/c17-13-5-3-12(9-14(13)18)4-6-15(21)19-10-16(11-20)7-1-2-8-16/h3,5,9,20H,1-2,4,6-8,10-11H2,(H,19,21). The first-order valence-corrected chi connectivity index (χ1v) is 7.36. The molecule has 1 saturated carbocycles. The van der Waals surface area contributed by atoms with Crippen molar-refractivity contribution in [2.75, 3.05) is 13.2 Å². The van der Waals surface area contributed by atoms with Crippen molar-refractivity contribution in [2.45, 2.75) is 38.5 Å². The summed E-state index contributed by atoms with van der Waals surface area (Å²) in [5, 5.41) is 12.3. The Labute approximate surface area is 123 Å². The van der Waals surface area contributed by atoms with Crippen LogP contribution in [-0.2, 0) is 11.2 Å². The van der Waals surface area contributed by atoms with Crippen LogP contribution in [-0.4, -0.2) is 24.2 Å². The molecule has 0 atom stereocenters. The molecule has 1 aromatic carbocycles. The Morgan fingerprint density at radius 1 is 1.24 bits per heavy atom. The molecule has 1 amide bonds. The maximum Gasteiger partial charge on any atom is 0.220 e. The average molecular weight is 297 g/mol. The van der Waals surface area contributed by atoms with E-state index in [4.69, 9.17) is 0 Å². The maximum absolute atomic E-state index is 13.0. The van der Waals surface area contributed by atoms with Gasteiger partial charge in [-0.1, -0.05) is 18.9 Å². The minimum Gasteiger partial charge on any atom is -0.396 e. The fourth-order valence-corrected chi connectivity index (χ4v) is 2.84. The number of halogens is 2. The molecule has 5 heteroatoms. The molecule has 0 heterocycles. The number of rotatable bonds is 6. The summed E-state index contributed by atoms with van der Waals surface area (Å²) < 4.78 is 25.8. The third kappa shape index (κ3) is 4.24. The van der Waals surface area contributed by atoms with Gasteiger partial charge in [-0.2, -0.15) is 0 Å². The number of nitrogens with one attached hydrogen (secondary N) is 1. The van der Waals surface area contributed by atoms with Gasteiger partial charge >= 0.3 is 0 Å². The molecule has 0 unspecified atom stereocenters. The van der Waals surface area contributed by atoms with Gasteiger partial charge in [-0.3, -0.25) is 4.79 Å². The molecular formula is C16H21F2NO2. The number of carbonyl (C=O) groups is 1. The monoisotopic (exact) mass is 297 g/mol. The van der Waals surface area contributed by atoms with Gasteiger partial charge in [0.1, 0.15) is 0 Å². The highest BCUT2D eigenvalue weighted by Crippen LogP contribution is 2.36. The van der Waals surface area contributed by atoms with Crippen LogP contribution in [0.5, 0.6) is 0 Å². The molecule has 1 aliphatic rings. The lowest BCUT2D eigenvalue weighted by Crippen LogP contribution is -2.38. The van der Waals surface area contributed by atoms with Crippen LogP contribution in [0.15, 0.2) is 18.2 Å². The molecule has 0 spiro atoms. The van der Waals surface area contributed by atoms with Crippen molar-refractivity contribution in [3.63, 3.8) is 0 Å². The lowest BCUT2D eigenvalue weighted by molar-refractivity contribution is -0.121. The molecule has 116 valence electrons. The Bertz CT molecular complexity index is 499. The van der Waals surface area contributed by atoms with Gasteiger partial charge in [0.2, 0.25) is 5.91 Å². The van der Waals surface area contributed by atoms with Gasteiger partial charge in [0.05, 0.1) is 6.61 Å². The number of benzene rings is 1. The van der Waals surface area contributed by atoms with Gasteiger partial charge in [0, 0.05) is 18.4 Å². The van der Waals surface area contributed by atoms with E-state index in [0.29, 0.717) is 18.5 Å². The van der Waals surface area contributed by atoms with Gasteiger partial charge in [0.25, 0.3) is 0 Å². The van der Waals surface area contributed by atoms with Gasteiger partial charge in [-0.15, -0.1) is 0 Å². The second-order valence-electron chi connectivity index (χ2n) is 5.89. The first kappa shape index (κ1) is 15.9. The highest BCUT2D eigenvalue weighted by atomic mass is 19.2. The van der Waals surface area contributed by atoms with E-state index >= 15 is 0 Å². The van der Waals surface area contributed by atoms with Gasteiger partial charge in [-0.05, 0) is 37.0 Å². The van der Waals surface area contributed by atoms with Gasteiger partial charge < -0.3 is 10.4 Å². The zero-order chi connectivity index (χ0) is 15.3. The second kappa shape index (κ2) is 6.98. The Morgan fingerprint density at radius 2 is 1.95 bits per heavy atom. The number of amides is 1. The molecule has 2 N–H and O–H groups in total. The Balaban J connectivity index is 1.78. The molecule has 0 aromatic heterocycles. The summed E-state index contributed by atoms with van der Waals surface area (Å²) in [6.45, 7) is 0.580. The summed E-state index contributed by atoms with van der Waals surface area (Å²) in [5.74, 6) is -1.90. The number of carbonyl (C=O) groups excluding carboxylic acids is 1. The largest absolute Gasteiger partial charge is 0.396 e. The van der Waals surface area contributed by atoms with Crippen molar-refractivity contribution in [3.05, 3.63) is 35.4 Å². The van der Waals surface area contributed by atoms with E-state index in [0.717, 1.165) is 37.8 Å². The SMILES string of the molecule is O=C(CCc1ccc(F)c(F)c1)NCC1(CO)CCCC1. The van der Waals surface area contributed by atoms with Crippen molar-refractivity contribution in [1.29, 1.82) is 0 Å². The Kier molecular flexibility index (Phi) is 5.28. The highest BCUT2D eigenvalue weighted by molar-refractivity contribution is 5.76. The van der Waals surface area contributed by atoms with Crippen LogP contribution in [0, 0.1) is 17.0 Å². The second-order valence-corrected chi connectivity index (χ2v) is 5.89. The molecule has 3 nitrogen and oxygen atoms in total. The van der Waals surface area contributed by atoms with E-state index in [1.807, 2.05) is 0 Å². The number of aryl methyl sites for hydroxylation is 1. The summed E-state index contributed by atoms with van der Waals surface area (Å²) in [7, 11) is 0. The van der Waals surface area contributed by atoms with Crippen LogP contribution < -0.4 is 5.32 Å². The van der Waals surface area contributed by atoms with Crippen LogP contribution in [0.3, 0.4) is 0 Å². The van der Waals surface area contributed by atoms with E-state index in [1.54, 1.807) is 0 Å². The van der Waals surface area contributed by atoms with E-state index in [-0.39, 0.29) is 24.3 Å². The summed E-state index contributed by atoms with van der Waals surface area (Å²) in [6.07, 6.45) is 4.65. The fourth-order valence-electron chi connectivity index (χ4n) is 2.84. The summed E-state index contributed by atoms with van der Waals surface area (Å²) in [5.41, 5.74) is 0.430. The number of hydrogen-bond donors (Lipinski definition) is 2. The molecule has 0 bridgehead atoms. The first-order valence-electron chi connectivity index (χ1n) is 7.36. The van der Waals surface area contributed by atoms with Crippen LogP contribution in [0.25, 0.3) is 0 Å². The molecule has 0 aliphatic heterocycles. The van der Waals surface area contributed by atoms with Crippen LogP contribution in [0.4, 0.5) is 8.78 Å². The normalized spacial score (nSPS) is 16.9. The van der Waals surface area contributed by atoms with Crippen molar-refractivity contribution >= 4 is 5.91 Å². The molecule has 21 heavy (non-hydrogen) atoms. The highest BCUT2D eigenvalue weighted by Gasteiger charge is 2.33. The maximum atomic E-state index is 13.0. The van der Waals surface area contributed by atoms with Crippen LogP contribution in [0.1, 0.15) is 37.7 Å². The quantitative estimate of drug-likeness (QED) is 0.848. The summed E-state index contributed by atoms with van der Waals surface area (Å²) >= 11 is 0. The predicted molar refractivity (Wildman–Crippen MR) is 75.7 cm³/mol. The average Bonchev–Trinajstić information content (AvgIpc) is 2.96. The minimum absolute atomic E-state index is 0.0937. The molecule has 0 radical (unpaired) electrons. The van der Waals surface area contributed by atoms with Crippen LogP contribution in [0.2, 0.25) is 0 Å². The van der Waals surface area contributed by atoms with Gasteiger partial charge in [0.15, 0.2) is 11.6 Å². The third-order valence-electron chi connectivity index (χ3n) is 4.28. The van der Waals surface area contributed by atoms with E-state index in [1.165, 1.54) is 6.07 Å². The molecule has 1 aliphatic carbocycles. The molecule has 1 fully saturated rings. The Morgan fingerprint density at radius 3 is 2.57 bits per heavy atom. The summed E-state index contributed by atoms with van der Waals surface area (Å²) in [4.78, 5) is 11.8. The van der Waals surface area contributed by atoms with E-state index < -0.39 is 11.6 Å². The Hall–Kier alpha value is -1.49.